The van der Waals surface area contributed by atoms with Gasteiger partial charge >= 0.3 is 0 Å². The minimum absolute atomic E-state index is 0.281. The third-order valence-electron chi connectivity index (χ3n) is 4.41. The van der Waals surface area contributed by atoms with Gasteiger partial charge in [0.15, 0.2) is 0 Å². The van der Waals surface area contributed by atoms with E-state index in [4.69, 9.17) is 11.6 Å². The van der Waals surface area contributed by atoms with Crippen molar-refractivity contribution in [3.63, 3.8) is 0 Å². The molecule has 1 aliphatic heterocycles. The first-order chi connectivity index (χ1) is 9.90. The molecule has 0 saturated carbocycles. The number of nitrogens with zero attached hydrogens (tertiary/aromatic N) is 1. The first kappa shape index (κ1) is 16.8. The van der Waals surface area contributed by atoms with E-state index < -0.39 is 0 Å². The minimum Gasteiger partial charge on any atom is -0.311 e. The van der Waals surface area contributed by atoms with Crippen molar-refractivity contribution in [2.24, 2.45) is 5.41 Å². The Hall–Kier alpha value is -0.570. The molecule has 21 heavy (non-hydrogen) atoms. The predicted octanol–water partition coefficient (Wildman–Crippen LogP) is 4.33. The van der Waals surface area contributed by atoms with Crippen LogP contribution in [0.2, 0.25) is 5.02 Å². The lowest BCUT2D eigenvalue weighted by molar-refractivity contribution is 0.0474. The molecular weight excluding hydrogens is 280 g/mol. The van der Waals surface area contributed by atoms with Gasteiger partial charge in [0.2, 0.25) is 0 Å². The number of benzene rings is 1. The van der Waals surface area contributed by atoms with Crippen LogP contribution in [0.1, 0.15) is 46.1 Å². The molecule has 0 amide bonds. The maximum Gasteiger partial charge on any atom is 0.0409 e. The second-order valence-corrected chi connectivity index (χ2v) is 7.77. The lowest BCUT2D eigenvalue weighted by atomic mass is 9.83. The quantitative estimate of drug-likeness (QED) is 0.890. The second-order valence-electron chi connectivity index (χ2n) is 7.34. The van der Waals surface area contributed by atoms with Crippen LogP contribution in [0, 0.1) is 5.41 Å². The fraction of sp³-hybridized carbons (Fsp3) is 0.667. The van der Waals surface area contributed by atoms with Gasteiger partial charge in [-0.3, -0.25) is 4.90 Å². The third kappa shape index (κ3) is 4.70. The van der Waals surface area contributed by atoms with Gasteiger partial charge in [-0.15, -0.1) is 0 Å². The van der Waals surface area contributed by atoms with Gasteiger partial charge < -0.3 is 5.32 Å². The van der Waals surface area contributed by atoms with E-state index in [1.165, 1.54) is 18.4 Å². The van der Waals surface area contributed by atoms with Gasteiger partial charge in [0.1, 0.15) is 0 Å². The first-order valence-electron chi connectivity index (χ1n) is 8.12. The summed E-state index contributed by atoms with van der Waals surface area (Å²) >= 11 is 6.14. The van der Waals surface area contributed by atoms with E-state index in [9.17, 15) is 0 Å². The molecular formula is C18H29ClN2. The van der Waals surface area contributed by atoms with Gasteiger partial charge in [-0.05, 0) is 29.5 Å². The Morgan fingerprint density at radius 2 is 2.10 bits per heavy atom. The molecule has 118 valence electrons. The van der Waals surface area contributed by atoms with Crippen molar-refractivity contribution in [1.82, 2.24) is 10.2 Å². The number of hydrogen-bond acceptors (Lipinski definition) is 2. The van der Waals surface area contributed by atoms with Crippen LogP contribution in [0.5, 0.6) is 0 Å². The number of piperazine rings is 1. The Balaban J connectivity index is 2.13. The van der Waals surface area contributed by atoms with Gasteiger partial charge in [0.25, 0.3) is 0 Å². The van der Waals surface area contributed by atoms with E-state index in [1.807, 2.05) is 6.07 Å². The third-order valence-corrected chi connectivity index (χ3v) is 4.64. The summed E-state index contributed by atoms with van der Waals surface area (Å²) in [7, 11) is 0. The Labute approximate surface area is 134 Å². The minimum atomic E-state index is 0.281. The van der Waals surface area contributed by atoms with Gasteiger partial charge in [-0.2, -0.15) is 0 Å². The Morgan fingerprint density at radius 1 is 1.33 bits per heavy atom. The smallest absolute Gasteiger partial charge is 0.0409 e. The van der Waals surface area contributed by atoms with Crippen molar-refractivity contribution in [1.29, 1.82) is 0 Å². The highest BCUT2D eigenvalue weighted by Crippen LogP contribution is 2.28. The number of hydrogen-bond donors (Lipinski definition) is 1. The Morgan fingerprint density at radius 3 is 2.71 bits per heavy atom. The average Bonchev–Trinajstić information content (AvgIpc) is 2.38. The molecule has 1 fully saturated rings. The highest BCUT2D eigenvalue weighted by atomic mass is 35.5. The summed E-state index contributed by atoms with van der Waals surface area (Å²) < 4.78 is 0. The van der Waals surface area contributed by atoms with Crippen molar-refractivity contribution in [2.75, 3.05) is 13.1 Å². The van der Waals surface area contributed by atoms with Crippen LogP contribution in [0.4, 0.5) is 0 Å². The molecule has 0 spiro atoms. The molecule has 2 atom stereocenters. The van der Waals surface area contributed by atoms with Crippen molar-refractivity contribution in [3.05, 3.63) is 34.9 Å². The van der Waals surface area contributed by atoms with E-state index >= 15 is 0 Å². The van der Waals surface area contributed by atoms with Gasteiger partial charge in [0.05, 0.1) is 0 Å². The molecule has 1 heterocycles. The van der Waals surface area contributed by atoms with Crippen LogP contribution in [0.3, 0.4) is 0 Å². The van der Waals surface area contributed by atoms with Gasteiger partial charge in [-0.25, -0.2) is 0 Å². The molecule has 2 nitrogen and oxygen atoms in total. The van der Waals surface area contributed by atoms with Crippen LogP contribution < -0.4 is 5.32 Å². The van der Waals surface area contributed by atoms with E-state index in [-0.39, 0.29) is 5.41 Å². The fourth-order valence-corrected chi connectivity index (χ4v) is 3.54. The molecule has 1 N–H and O–H groups in total. The zero-order chi connectivity index (χ0) is 15.5. The van der Waals surface area contributed by atoms with Crippen LogP contribution in [-0.2, 0) is 6.54 Å². The summed E-state index contributed by atoms with van der Waals surface area (Å²) in [6, 6.07) is 9.46. The summed E-state index contributed by atoms with van der Waals surface area (Å²) in [5.41, 5.74) is 1.59. The van der Waals surface area contributed by atoms with Crippen molar-refractivity contribution < 1.29 is 0 Å². The average molecular weight is 309 g/mol. The summed E-state index contributed by atoms with van der Waals surface area (Å²) in [5.74, 6) is 0. The van der Waals surface area contributed by atoms with E-state index in [0.29, 0.717) is 12.1 Å². The molecule has 0 radical (unpaired) electrons. The largest absolute Gasteiger partial charge is 0.311 e. The summed E-state index contributed by atoms with van der Waals surface area (Å²) in [6.45, 7) is 12.5. The van der Waals surface area contributed by atoms with Crippen molar-refractivity contribution >= 4 is 11.6 Å². The molecule has 0 aliphatic carbocycles. The van der Waals surface area contributed by atoms with Crippen LogP contribution >= 0.6 is 11.6 Å². The van der Waals surface area contributed by atoms with Crippen molar-refractivity contribution in [2.45, 2.75) is 59.2 Å². The Bertz CT molecular complexity index is 453. The Kier molecular flexibility index (Phi) is 5.70. The molecule has 0 aromatic heterocycles. The lowest BCUT2D eigenvalue weighted by Crippen LogP contribution is -2.60. The van der Waals surface area contributed by atoms with Gasteiger partial charge in [0, 0.05) is 36.7 Å². The van der Waals surface area contributed by atoms with E-state index in [0.717, 1.165) is 24.7 Å². The lowest BCUT2D eigenvalue weighted by Gasteiger charge is -2.46. The molecule has 1 saturated heterocycles. The standard InChI is InChI=1S/C18H29ClN2/c1-5-7-16-13-21(17(11-20-16)18(2,3)4)12-14-8-6-9-15(19)10-14/h6,8-10,16-17,20H,5,7,11-13H2,1-4H3. The SMILES string of the molecule is CCCC1CN(Cc2cccc(Cl)c2)C(C(C)(C)C)CN1. The molecule has 2 rings (SSSR count). The normalized spacial score (nSPS) is 24.2. The van der Waals surface area contributed by atoms with Crippen LogP contribution in [0.25, 0.3) is 0 Å². The van der Waals surface area contributed by atoms with E-state index in [2.05, 4.69) is 56.1 Å². The van der Waals surface area contributed by atoms with Crippen molar-refractivity contribution in [3.8, 4) is 0 Å². The molecule has 3 heteroatoms. The molecule has 0 bridgehead atoms. The number of halogens is 1. The molecule has 2 unspecified atom stereocenters. The van der Waals surface area contributed by atoms with Crippen LogP contribution in [0.15, 0.2) is 24.3 Å². The zero-order valence-corrected chi connectivity index (χ0v) is 14.6. The maximum atomic E-state index is 6.14. The molecule has 1 aromatic rings. The van der Waals surface area contributed by atoms with E-state index in [1.54, 1.807) is 0 Å². The number of rotatable bonds is 4. The monoisotopic (exact) mass is 308 g/mol. The first-order valence-corrected chi connectivity index (χ1v) is 8.50. The van der Waals surface area contributed by atoms with Gasteiger partial charge in [-0.1, -0.05) is 57.8 Å². The summed E-state index contributed by atoms with van der Waals surface area (Å²) in [4.78, 5) is 2.64. The highest BCUT2D eigenvalue weighted by Gasteiger charge is 2.35. The second kappa shape index (κ2) is 7.13. The maximum absolute atomic E-state index is 6.14. The molecule has 1 aromatic carbocycles. The predicted molar refractivity (Wildman–Crippen MR) is 91.8 cm³/mol. The fourth-order valence-electron chi connectivity index (χ4n) is 3.32. The zero-order valence-electron chi connectivity index (χ0n) is 13.8. The summed E-state index contributed by atoms with van der Waals surface area (Å²) in [6.07, 6.45) is 2.49. The summed E-state index contributed by atoms with van der Waals surface area (Å²) in [5, 5.41) is 4.57. The van der Waals surface area contributed by atoms with Crippen LogP contribution in [-0.4, -0.2) is 30.1 Å². The molecule has 1 aliphatic rings. The topological polar surface area (TPSA) is 15.3 Å². The number of nitrogens with one attached hydrogen (secondary N) is 1. The highest BCUT2D eigenvalue weighted by molar-refractivity contribution is 6.30.